The monoisotopic (exact) mass is 477 g/mol. The zero-order valence-electron chi connectivity index (χ0n) is 20.2. The summed E-state index contributed by atoms with van der Waals surface area (Å²) < 4.78 is 14.8. The molecule has 0 radical (unpaired) electrons. The molecular weight excluding hydrogens is 445 g/mol. The Bertz CT molecular complexity index is 1180. The number of aryl methyl sites for hydroxylation is 2. The molecule has 5 rings (SSSR count). The topological polar surface area (TPSA) is 88.0 Å². The van der Waals surface area contributed by atoms with Crippen molar-refractivity contribution in [2.24, 2.45) is 18.9 Å². The maximum Gasteiger partial charge on any atom is 0.319 e. The number of amides is 2. The van der Waals surface area contributed by atoms with Gasteiger partial charge in [-0.3, -0.25) is 0 Å². The van der Waals surface area contributed by atoms with Gasteiger partial charge < -0.3 is 15.5 Å². The number of carbonyl (C=O) groups excluding carboxylic acids is 1. The molecule has 2 heterocycles. The fraction of sp³-hybridized carbons (Fsp3) is 0.462. The normalized spacial score (nSPS) is 21.7. The van der Waals surface area contributed by atoms with Crippen molar-refractivity contribution in [2.45, 2.75) is 38.6 Å². The second-order valence-corrected chi connectivity index (χ2v) is 9.74. The number of carbonyl (C=O) groups is 1. The van der Waals surface area contributed by atoms with Crippen molar-refractivity contribution in [1.29, 1.82) is 0 Å². The van der Waals surface area contributed by atoms with Gasteiger partial charge in [0.15, 0.2) is 5.82 Å². The zero-order chi connectivity index (χ0) is 24.4. The van der Waals surface area contributed by atoms with E-state index in [9.17, 15) is 9.18 Å². The molecule has 8 nitrogen and oxygen atoms in total. The molecule has 0 bridgehead atoms. The van der Waals surface area contributed by atoms with E-state index in [0.29, 0.717) is 17.7 Å². The number of likely N-dealkylation sites (tertiary alicyclic amines) is 1. The Kier molecular flexibility index (Phi) is 6.77. The molecule has 2 N–H and O–H groups in total. The SMILES string of the molecule is CCc1cc(NC(=O)NC2CCC3CN(CCc4ccc(F)cc4)CC32)cc(-c2nnnn2C)c1. The van der Waals surface area contributed by atoms with Gasteiger partial charge in [0, 0.05) is 44.0 Å². The van der Waals surface area contributed by atoms with Gasteiger partial charge in [-0.05, 0) is 89.4 Å². The van der Waals surface area contributed by atoms with Gasteiger partial charge in [0.25, 0.3) is 0 Å². The van der Waals surface area contributed by atoms with Crippen LogP contribution in [0.3, 0.4) is 0 Å². The third kappa shape index (κ3) is 5.35. The third-order valence-electron chi connectivity index (χ3n) is 7.42. The summed E-state index contributed by atoms with van der Waals surface area (Å²) in [7, 11) is 1.80. The predicted molar refractivity (Wildman–Crippen MR) is 132 cm³/mol. The fourth-order valence-corrected chi connectivity index (χ4v) is 5.56. The number of aromatic nitrogens is 4. The number of nitrogens with one attached hydrogen (secondary N) is 2. The van der Waals surface area contributed by atoms with Crippen molar-refractivity contribution in [3.8, 4) is 11.4 Å². The van der Waals surface area contributed by atoms with E-state index in [4.69, 9.17) is 0 Å². The van der Waals surface area contributed by atoms with Crippen LogP contribution in [0.1, 0.15) is 30.9 Å². The van der Waals surface area contributed by atoms with Crippen molar-refractivity contribution >= 4 is 11.7 Å². The summed E-state index contributed by atoms with van der Waals surface area (Å²) in [5.41, 5.74) is 3.88. The minimum Gasteiger partial charge on any atom is -0.335 e. The lowest BCUT2D eigenvalue weighted by Gasteiger charge is -2.22. The number of hydrogen-bond acceptors (Lipinski definition) is 5. The van der Waals surface area contributed by atoms with Crippen molar-refractivity contribution in [2.75, 3.05) is 25.0 Å². The van der Waals surface area contributed by atoms with E-state index in [1.807, 2.05) is 24.3 Å². The Balaban J connectivity index is 1.18. The Morgan fingerprint density at radius 2 is 1.94 bits per heavy atom. The van der Waals surface area contributed by atoms with Crippen molar-refractivity contribution in [3.05, 3.63) is 59.4 Å². The second-order valence-electron chi connectivity index (χ2n) is 9.74. The van der Waals surface area contributed by atoms with Gasteiger partial charge in [0.2, 0.25) is 0 Å². The van der Waals surface area contributed by atoms with Crippen LogP contribution >= 0.6 is 0 Å². The molecule has 0 spiro atoms. The standard InChI is InChI=1S/C26H32FN7O/c1-3-17-12-20(25-30-31-32-33(25)2)14-22(13-17)28-26(35)29-24-9-6-19-15-34(16-23(19)24)11-10-18-4-7-21(27)8-5-18/h4-5,7-8,12-14,19,23-24H,3,6,9-11,15-16H2,1-2H3,(H2,28,29,35). The predicted octanol–water partition coefficient (Wildman–Crippen LogP) is 3.65. The van der Waals surface area contributed by atoms with E-state index in [0.717, 1.165) is 67.7 Å². The van der Waals surface area contributed by atoms with Crippen molar-refractivity contribution < 1.29 is 9.18 Å². The molecule has 9 heteroatoms. The van der Waals surface area contributed by atoms with E-state index in [-0.39, 0.29) is 17.9 Å². The smallest absolute Gasteiger partial charge is 0.319 e. The number of rotatable bonds is 7. The Morgan fingerprint density at radius 1 is 1.11 bits per heavy atom. The first kappa shape index (κ1) is 23.4. The minimum absolute atomic E-state index is 0.171. The van der Waals surface area contributed by atoms with Gasteiger partial charge in [0.05, 0.1) is 0 Å². The maximum atomic E-state index is 13.1. The van der Waals surface area contributed by atoms with E-state index >= 15 is 0 Å². The van der Waals surface area contributed by atoms with Crippen LogP contribution in [-0.4, -0.2) is 56.8 Å². The summed E-state index contributed by atoms with van der Waals surface area (Å²) in [4.78, 5) is 15.4. The maximum absolute atomic E-state index is 13.1. The number of halogens is 1. The highest BCUT2D eigenvalue weighted by Gasteiger charge is 2.42. The van der Waals surface area contributed by atoms with Crippen LogP contribution in [0.15, 0.2) is 42.5 Å². The van der Waals surface area contributed by atoms with Crippen LogP contribution in [0, 0.1) is 17.7 Å². The van der Waals surface area contributed by atoms with Crippen molar-refractivity contribution in [1.82, 2.24) is 30.4 Å². The molecule has 2 amide bonds. The zero-order valence-corrected chi connectivity index (χ0v) is 20.2. The summed E-state index contributed by atoms with van der Waals surface area (Å²) in [6, 6.07) is 12.7. The lowest BCUT2D eigenvalue weighted by Crippen LogP contribution is -2.42. The van der Waals surface area contributed by atoms with Gasteiger partial charge in [-0.15, -0.1) is 5.10 Å². The Hall–Kier alpha value is -3.33. The van der Waals surface area contributed by atoms with Crippen LogP contribution in [0.2, 0.25) is 0 Å². The van der Waals surface area contributed by atoms with Gasteiger partial charge in [-0.25, -0.2) is 13.9 Å². The van der Waals surface area contributed by atoms with E-state index in [1.54, 1.807) is 11.7 Å². The van der Waals surface area contributed by atoms with E-state index in [2.05, 4.69) is 44.0 Å². The lowest BCUT2D eigenvalue weighted by atomic mass is 9.98. The van der Waals surface area contributed by atoms with Crippen molar-refractivity contribution in [3.63, 3.8) is 0 Å². The fourth-order valence-electron chi connectivity index (χ4n) is 5.56. The second kappa shape index (κ2) is 10.1. The first-order valence-corrected chi connectivity index (χ1v) is 12.4. The molecule has 1 aromatic heterocycles. The van der Waals surface area contributed by atoms with Crippen LogP contribution in [-0.2, 0) is 19.9 Å². The molecule has 3 unspecified atom stereocenters. The van der Waals surface area contributed by atoms with Crippen LogP contribution in [0.4, 0.5) is 14.9 Å². The summed E-state index contributed by atoms with van der Waals surface area (Å²) in [6.45, 7) is 5.10. The number of urea groups is 1. The Labute approximate surface area is 204 Å². The van der Waals surface area contributed by atoms with Gasteiger partial charge in [-0.2, -0.15) is 0 Å². The number of hydrogen-bond donors (Lipinski definition) is 2. The number of nitrogens with zero attached hydrogens (tertiary/aromatic N) is 5. The molecule has 1 saturated heterocycles. The first-order chi connectivity index (χ1) is 17.0. The molecule has 1 aliphatic carbocycles. The van der Waals surface area contributed by atoms with Gasteiger partial charge in [-0.1, -0.05) is 19.1 Å². The van der Waals surface area contributed by atoms with Gasteiger partial charge in [0.1, 0.15) is 5.82 Å². The molecule has 3 aromatic rings. The number of fused-ring (bicyclic) bond motifs is 1. The highest BCUT2D eigenvalue weighted by Crippen LogP contribution is 2.38. The van der Waals surface area contributed by atoms with E-state index < -0.39 is 0 Å². The molecule has 1 aliphatic heterocycles. The minimum atomic E-state index is -0.194. The summed E-state index contributed by atoms with van der Waals surface area (Å²) in [5, 5.41) is 18.0. The average Bonchev–Trinajstić information content (AvgIpc) is 3.55. The number of tetrazole rings is 1. The molecule has 35 heavy (non-hydrogen) atoms. The third-order valence-corrected chi connectivity index (χ3v) is 7.42. The Morgan fingerprint density at radius 3 is 2.69 bits per heavy atom. The van der Waals surface area contributed by atoms with Crippen LogP contribution < -0.4 is 10.6 Å². The van der Waals surface area contributed by atoms with E-state index in [1.165, 1.54) is 12.1 Å². The highest BCUT2D eigenvalue weighted by molar-refractivity contribution is 5.90. The van der Waals surface area contributed by atoms with Crippen LogP contribution in [0.25, 0.3) is 11.4 Å². The quantitative estimate of drug-likeness (QED) is 0.542. The number of anilines is 1. The molecule has 184 valence electrons. The molecule has 2 aliphatic rings. The number of benzene rings is 2. The first-order valence-electron chi connectivity index (χ1n) is 12.4. The molecule has 2 aromatic carbocycles. The average molecular weight is 478 g/mol. The van der Waals surface area contributed by atoms with Crippen LogP contribution in [0.5, 0.6) is 0 Å². The molecular formula is C26H32FN7O. The summed E-state index contributed by atoms with van der Waals surface area (Å²) in [5.74, 6) is 1.55. The van der Waals surface area contributed by atoms with Gasteiger partial charge >= 0.3 is 6.03 Å². The summed E-state index contributed by atoms with van der Waals surface area (Å²) >= 11 is 0. The largest absolute Gasteiger partial charge is 0.335 e. The summed E-state index contributed by atoms with van der Waals surface area (Å²) in [6.07, 6.45) is 3.90. The molecule has 1 saturated carbocycles. The highest BCUT2D eigenvalue weighted by atomic mass is 19.1. The lowest BCUT2D eigenvalue weighted by molar-refractivity contribution is 0.242. The molecule has 2 fully saturated rings. The molecule has 3 atom stereocenters.